The van der Waals surface area contributed by atoms with E-state index in [0.717, 1.165) is 48.8 Å². The molecule has 0 aromatic heterocycles. The molecule has 128 valence electrons. The fourth-order valence-corrected chi connectivity index (χ4v) is 5.04. The third kappa shape index (κ3) is 2.63. The van der Waals surface area contributed by atoms with Crippen molar-refractivity contribution >= 4 is 0 Å². The molecule has 0 bridgehead atoms. The molecule has 0 radical (unpaired) electrons. The predicted molar refractivity (Wildman–Crippen MR) is 92.0 cm³/mol. The van der Waals surface area contributed by atoms with Crippen LogP contribution in [0.4, 0.5) is 0 Å². The zero-order chi connectivity index (χ0) is 17.0. The molecule has 3 heteroatoms. The van der Waals surface area contributed by atoms with Crippen LogP contribution in [0.3, 0.4) is 0 Å². The molecule has 0 amide bonds. The van der Waals surface area contributed by atoms with Gasteiger partial charge in [-0.15, -0.1) is 0 Å². The van der Waals surface area contributed by atoms with Gasteiger partial charge in [0.15, 0.2) is 11.5 Å². The van der Waals surface area contributed by atoms with Crippen molar-refractivity contribution in [3.63, 3.8) is 0 Å². The molecule has 0 heterocycles. The van der Waals surface area contributed by atoms with Gasteiger partial charge in [0.25, 0.3) is 0 Å². The van der Waals surface area contributed by atoms with E-state index < -0.39 is 5.60 Å². The fourth-order valence-electron chi connectivity index (χ4n) is 5.04. The van der Waals surface area contributed by atoms with Gasteiger partial charge in [-0.05, 0) is 48.5 Å². The molecule has 0 saturated heterocycles. The van der Waals surface area contributed by atoms with Crippen LogP contribution >= 0.6 is 0 Å². The maximum atomic E-state index is 11.4. The molecular weight excluding hydrogens is 288 g/mol. The Morgan fingerprint density at radius 3 is 2.48 bits per heavy atom. The second-order valence-electron chi connectivity index (χ2n) is 8.67. The minimum absolute atomic E-state index is 0.00382. The summed E-state index contributed by atoms with van der Waals surface area (Å²) in [7, 11) is 0. The van der Waals surface area contributed by atoms with Crippen LogP contribution in [0.2, 0.25) is 0 Å². The maximum absolute atomic E-state index is 11.4. The van der Waals surface area contributed by atoms with Crippen molar-refractivity contribution in [2.24, 2.45) is 11.3 Å². The van der Waals surface area contributed by atoms with Crippen molar-refractivity contribution in [3.8, 4) is 11.5 Å². The summed E-state index contributed by atoms with van der Waals surface area (Å²) in [5, 5.41) is 32.3. The summed E-state index contributed by atoms with van der Waals surface area (Å²) >= 11 is 0. The number of rotatable bonds is 1. The minimum Gasteiger partial charge on any atom is -0.504 e. The monoisotopic (exact) mass is 318 g/mol. The van der Waals surface area contributed by atoms with E-state index in [1.54, 1.807) is 0 Å². The normalized spacial score (nSPS) is 29.7. The second kappa shape index (κ2) is 5.41. The van der Waals surface area contributed by atoms with Crippen LogP contribution in [-0.4, -0.2) is 20.9 Å². The Labute approximate surface area is 139 Å². The van der Waals surface area contributed by atoms with Crippen LogP contribution in [-0.2, 0) is 12.8 Å². The zero-order valence-electron chi connectivity index (χ0n) is 14.8. The number of phenols is 2. The van der Waals surface area contributed by atoms with Gasteiger partial charge in [0.1, 0.15) is 0 Å². The molecule has 0 unspecified atom stereocenters. The highest BCUT2D eigenvalue weighted by molar-refractivity contribution is 5.56. The highest BCUT2D eigenvalue weighted by atomic mass is 16.3. The number of aliphatic hydroxyl groups is 1. The van der Waals surface area contributed by atoms with Gasteiger partial charge in [-0.1, -0.05) is 40.2 Å². The van der Waals surface area contributed by atoms with Crippen LogP contribution in [0.25, 0.3) is 0 Å². The van der Waals surface area contributed by atoms with Gasteiger partial charge in [0.2, 0.25) is 0 Å². The van der Waals surface area contributed by atoms with Crippen LogP contribution in [0.5, 0.6) is 11.5 Å². The third-order valence-electron chi connectivity index (χ3n) is 6.33. The van der Waals surface area contributed by atoms with E-state index in [9.17, 15) is 15.3 Å². The predicted octanol–water partition coefficient (Wildman–Crippen LogP) is 4.27. The molecule has 2 atom stereocenters. The van der Waals surface area contributed by atoms with E-state index in [2.05, 4.69) is 13.8 Å². The molecule has 0 spiro atoms. The summed E-state index contributed by atoms with van der Waals surface area (Å²) in [6.07, 6.45) is 5.20. The van der Waals surface area contributed by atoms with Crippen molar-refractivity contribution in [1.82, 2.24) is 0 Å². The SMILES string of the molecule is CC(C)c1cc2c(c(O)c1O)C[C@@]1(O)CCCC(C)(C)[C@@H]1CC2. The van der Waals surface area contributed by atoms with Crippen molar-refractivity contribution in [2.45, 2.75) is 77.7 Å². The Morgan fingerprint density at radius 1 is 1.13 bits per heavy atom. The summed E-state index contributed by atoms with van der Waals surface area (Å²) in [6.45, 7) is 8.56. The van der Waals surface area contributed by atoms with Crippen LogP contribution < -0.4 is 0 Å². The molecular formula is C20H30O3. The van der Waals surface area contributed by atoms with Crippen LogP contribution in [0, 0.1) is 11.3 Å². The molecule has 1 saturated carbocycles. The first-order valence-electron chi connectivity index (χ1n) is 8.94. The number of hydrogen-bond donors (Lipinski definition) is 3. The Kier molecular flexibility index (Phi) is 3.91. The lowest BCUT2D eigenvalue weighted by molar-refractivity contribution is -0.102. The average molecular weight is 318 g/mol. The first-order valence-corrected chi connectivity index (χ1v) is 8.94. The van der Waals surface area contributed by atoms with Crippen molar-refractivity contribution in [3.05, 3.63) is 22.8 Å². The van der Waals surface area contributed by atoms with E-state index in [0.29, 0.717) is 6.42 Å². The zero-order valence-corrected chi connectivity index (χ0v) is 14.8. The summed E-state index contributed by atoms with van der Waals surface area (Å²) < 4.78 is 0. The summed E-state index contributed by atoms with van der Waals surface area (Å²) in [5.74, 6) is 0.385. The molecule has 23 heavy (non-hydrogen) atoms. The van der Waals surface area contributed by atoms with Gasteiger partial charge in [-0.25, -0.2) is 0 Å². The lowest BCUT2D eigenvalue weighted by atomic mass is 9.59. The summed E-state index contributed by atoms with van der Waals surface area (Å²) in [4.78, 5) is 0. The Bertz CT molecular complexity index is 618. The standard InChI is InChI=1S/C20H30O3/c1-12(2)14-10-13-6-7-16-19(3,4)8-5-9-20(16,23)11-15(13)18(22)17(14)21/h10,12,16,21-23H,5-9,11H2,1-4H3/t16-,20-/m0/s1. The lowest BCUT2D eigenvalue weighted by Gasteiger charge is -2.49. The molecule has 2 aliphatic rings. The topological polar surface area (TPSA) is 60.7 Å². The number of fused-ring (bicyclic) bond motifs is 2. The fraction of sp³-hybridized carbons (Fsp3) is 0.700. The number of benzene rings is 1. The summed E-state index contributed by atoms with van der Waals surface area (Å²) in [6, 6.07) is 2.04. The van der Waals surface area contributed by atoms with Gasteiger partial charge < -0.3 is 15.3 Å². The van der Waals surface area contributed by atoms with Crippen molar-refractivity contribution in [2.75, 3.05) is 0 Å². The minimum atomic E-state index is -0.768. The van der Waals surface area contributed by atoms with E-state index in [4.69, 9.17) is 0 Å². The van der Waals surface area contributed by atoms with Gasteiger partial charge >= 0.3 is 0 Å². The van der Waals surface area contributed by atoms with E-state index in [-0.39, 0.29) is 28.7 Å². The number of phenolic OH excluding ortho intramolecular Hbond substituents is 2. The Balaban J connectivity index is 2.09. The van der Waals surface area contributed by atoms with E-state index in [1.165, 1.54) is 0 Å². The first kappa shape index (κ1) is 16.6. The van der Waals surface area contributed by atoms with Crippen molar-refractivity contribution in [1.29, 1.82) is 0 Å². The number of hydrogen-bond acceptors (Lipinski definition) is 3. The lowest BCUT2D eigenvalue weighted by Crippen LogP contribution is -2.50. The molecule has 0 aliphatic heterocycles. The van der Waals surface area contributed by atoms with E-state index >= 15 is 0 Å². The molecule has 1 aromatic rings. The average Bonchev–Trinajstić information content (AvgIpc) is 2.59. The molecule has 3 N–H and O–H groups in total. The highest BCUT2D eigenvalue weighted by Crippen LogP contribution is 2.53. The number of aryl methyl sites for hydroxylation is 1. The third-order valence-corrected chi connectivity index (χ3v) is 6.33. The van der Waals surface area contributed by atoms with E-state index in [1.807, 2.05) is 19.9 Å². The van der Waals surface area contributed by atoms with Gasteiger partial charge in [-0.2, -0.15) is 0 Å². The van der Waals surface area contributed by atoms with Crippen molar-refractivity contribution < 1.29 is 15.3 Å². The smallest absolute Gasteiger partial charge is 0.161 e. The Hall–Kier alpha value is -1.22. The molecule has 1 aromatic carbocycles. The second-order valence-corrected chi connectivity index (χ2v) is 8.67. The van der Waals surface area contributed by atoms with Gasteiger partial charge in [0, 0.05) is 17.5 Å². The molecule has 2 aliphatic carbocycles. The van der Waals surface area contributed by atoms with Gasteiger partial charge in [0.05, 0.1) is 5.60 Å². The molecule has 1 fully saturated rings. The molecule has 3 rings (SSSR count). The van der Waals surface area contributed by atoms with Gasteiger partial charge in [-0.3, -0.25) is 0 Å². The summed E-state index contributed by atoms with van der Waals surface area (Å²) in [5.41, 5.74) is 2.01. The quantitative estimate of drug-likeness (QED) is 0.678. The highest BCUT2D eigenvalue weighted by Gasteiger charge is 2.49. The first-order chi connectivity index (χ1) is 10.7. The largest absolute Gasteiger partial charge is 0.504 e. The van der Waals surface area contributed by atoms with Crippen LogP contribution in [0.1, 0.15) is 76.0 Å². The Morgan fingerprint density at radius 2 is 1.83 bits per heavy atom. The maximum Gasteiger partial charge on any atom is 0.161 e. The number of aromatic hydroxyl groups is 2. The molecule has 3 nitrogen and oxygen atoms in total. The van der Waals surface area contributed by atoms with Crippen LogP contribution in [0.15, 0.2) is 6.07 Å².